The molecule has 5 N–H and O–H groups in total. The summed E-state index contributed by atoms with van der Waals surface area (Å²) in [6, 6.07) is 0. The number of nitrogens with zero attached hydrogens (tertiary/aromatic N) is 4. The number of rotatable bonds is 5. The van der Waals surface area contributed by atoms with E-state index in [1.54, 1.807) is 34.9 Å². The van der Waals surface area contributed by atoms with Crippen LogP contribution in [0.15, 0.2) is 0 Å². The molecule has 14 heteroatoms. The lowest BCUT2D eigenvalue weighted by atomic mass is 9.97. The third-order valence-electron chi connectivity index (χ3n) is 7.58. The largest absolute Gasteiger partial charge is 0.466 e. The van der Waals surface area contributed by atoms with Crippen LogP contribution in [0.4, 0.5) is 0 Å². The molecular weight excluding hydrogens is 544 g/mol. The van der Waals surface area contributed by atoms with E-state index in [0.29, 0.717) is 24.1 Å². The summed E-state index contributed by atoms with van der Waals surface area (Å²) in [5.41, 5.74) is 0. The van der Waals surface area contributed by atoms with E-state index in [-0.39, 0.29) is 35.7 Å². The molecule has 3 saturated heterocycles. The molecule has 3 aliphatic heterocycles. The summed E-state index contributed by atoms with van der Waals surface area (Å²) in [6.07, 6.45) is 4.65. The number of hydroxylamine groups is 2. The fourth-order valence-electron chi connectivity index (χ4n) is 4.96. The molecular formula is C28H52N8O6. The number of ether oxygens (including phenoxy) is 1. The number of hydrogen-bond donors (Lipinski definition) is 4. The van der Waals surface area contributed by atoms with Gasteiger partial charge in [-0.1, -0.05) is 0 Å². The van der Waals surface area contributed by atoms with Crippen molar-refractivity contribution in [3.05, 3.63) is 0 Å². The van der Waals surface area contributed by atoms with E-state index in [9.17, 15) is 14.4 Å². The molecule has 3 fully saturated rings. The molecule has 3 aliphatic rings. The van der Waals surface area contributed by atoms with Crippen molar-refractivity contribution in [1.82, 2.24) is 19.8 Å². The SMILES string of the molecule is CC(=N)N1CCC(C(=O)ON(C)C)CC1.CC(=N)N1CCC(C(=O)ON)CC1.CCOC(=O)C1CCN(C(C)=N)CC1. The Hall–Kier alpha value is -3.26. The minimum atomic E-state index is -0.331. The minimum Gasteiger partial charge on any atom is -0.466 e. The molecule has 0 aromatic heterocycles. The fourth-order valence-corrected chi connectivity index (χ4v) is 4.96. The quantitative estimate of drug-likeness (QED) is 0.157. The van der Waals surface area contributed by atoms with Crippen LogP contribution in [0.3, 0.4) is 0 Å². The zero-order chi connectivity index (χ0) is 31.8. The summed E-state index contributed by atoms with van der Waals surface area (Å²) in [6.45, 7) is 12.3. The highest BCUT2D eigenvalue weighted by Gasteiger charge is 2.28. The number of amidine groups is 3. The van der Waals surface area contributed by atoms with Crippen molar-refractivity contribution in [2.75, 3.05) is 60.0 Å². The van der Waals surface area contributed by atoms with Gasteiger partial charge in [-0.15, -0.1) is 5.06 Å². The highest BCUT2D eigenvalue weighted by atomic mass is 16.7. The molecule has 3 rings (SSSR count). The number of carbonyl (C=O) groups is 3. The van der Waals surface area contributed by atoms with Crippen molar-refractivity contribution >= 4 is 35.4 Å². The molecule has 0 saturated carbocycles. The summed E-state index contributed by atoms with van der Waals surface area (Å²) >= 11 is 0. The third-order valence-corrected chi connectivity index (χ3v) is 7.58. The van der Waals surface area contributed by atoms with E-state index < -0.39 is 0 Å². The monoisotopic (exact) mass is 596 g/mol. The van der Waals surface area contributed by atoms with Gasteiger partial charge in [0, 0.05) is 53.4 Å². The van der Waals surface area contributed by atoms with Crippen LogP contribution in [-0.4, -0.2) is 115 Å². The first-order chi connectivity index (χ1) is 19.8. The second kappa shape index (κ2) is 19.0. The summed E-state index contributed by atoms with van der Waals surface area (Å²) in [7, 11) is 3.41. The predicted molar refractivity (Wildman–Crippen MR) is 160 cm³/mol. The number of likely N-dealkylation sites (tertiary alicyclic amines) is 3. The van der Waals surface area contributed by atoms with Crippen LogP contribution in [0.2, 0.25) is 0 Å². The molecule has 3 heterocycles. The zero-order valence-electron chi connectivity index (χ0n) is 26.2. The standard InChI is InChI=1S/C10H19N3O2.C10H18N2O2.C8H15N3O2/c1-8(11)13-6-4-9(5-7-13)10(14)15-12(2)3;1-3-14-10(13)9-4-6-12(7-5-9)8(2)11;1-6(9)11-4-2-7(3-5-11)8(12)13-10/h9,11H,4-7H2,1-3H3;9,11H,3-7H2,1-2H3;7,9H,2-5,10H2,1H3. The lowest BCUT2D eigenvalue weighted by Gasteiger charge is -2.31. The van der Waals surface area contributed by atoms with Crippen LogP contribution in [-0.2, 0) is 28.8 Å². The number of esters is 1. The van der Waals surface area contributed by atoms with E-state index >= 15 is 0 Å². The molecule has 0 spiro atoms. The Bertz CT molecular complexity index is 906. The molecule has 0 aromatic carbocycles. The van der Waals surface area contributed by atoms with E-state index in [4.69, 9.17) is 31.7 Å². The van der Waals surface area contributed by atoms with Gasteiger partial charge in [-0.2, -0.15) is 5.90 Å². The molecule has 0 unspecified atom stereocenters. The summed E-state index contributed by atoms with van der Waals surface area (Å²) < 4.78 is 4.97. The molecule has 0 aromatic rings. The smallest absolute Gasteiger partial charge is 0.328 e. The molecule has 0 atom stereocenters. The van der Waals surface area contributed by atoms with Crippen molar-refractivity contribution < 1.29 is 28.8 Å². The van der Waals surface area contributed by atoms with Crippen molar-refractivity contribution in [2.24, 2.45) is 23.7 Å². The van der Waals surface area contributed by atoms with Gasteiger partial charge in [0.25, 0.3) is 0 Å². The Morgan fingerprint density at radius 1 is 0.667 bits per heavy atom. The molecule has 0 radical (unpaired) electrons. The predicted octanol–water partition coefficient (Wildman–Crippen LogP) is 2.09. The van der Waals surface area contributed by atoms with Crippen LogP contribution >= 0.6 is 0 Å². The Morgan fingerprint density at radius 2 is 0.976 bits per heavy atom. The van der Waals surface area contributed by atoms with Crippen molar-refractivity contribution in [3.8, 4) is 0 Å². The Labute approximate surface area is 250 Å². The maximum atomic E-state index is 11.5. The average molecular weight is 597 g/mol. The highest BCUT2D eigenvalue weighted by Crippen LogP contribution is 2.20. The van der Waals surface area contributed by atoms with Gasteiger partial charge in [-0.05, 0) is 66.2 Å². The summed E-state index contributed by atoms with van der Waals surface area (Å²) in [5.74, 6) is 5.91. The van der Waals surface area contributed by atoms with Crippen molar-refractivity contribution in [1.29, 1.82) is 16.2 Å². The van der Waals surface area contributed by atoms with Gasteiger partial charge < -0.3 is 29.1 Å². The van der Waals surface area contributed by atoms with Crippen LogP contribution in [0, 0.1) is 34.0 Å². The summed E-state index contributed by atoms with van der Waals surface area (Å²) in [5, 5.41) is 23.7. The molecule has 240 valence electrons. The zero-order valence-corrected chi connectivity index (χ0v) is 26.2. The van der Waals surface area contributed by atoms with Crippen LogP contribution in [0.5, 0.6) is 0 Å². The number of nitrogens with two attached hydrogens (primary N) is 1. The maximum Gasteiger partial charge on any atom is 0.328 e. The van der Waals surface area contributed by atoms with E-state index in [0.717, 1.165) is 77.8 Å². The van der Waals surface area contributed by atoms with Gasteiger partial charge in [-0.3, -0.25) is 30.6 Å². The topological polar surface area (TPSA) is 189 Å². The summed E-state index contributed by atoms with van der Waals surface area (Å²) in [4.78, 5) is 49.1. The molecule has 42 heavy (non-hydrogen) atoms. The van der Waals surface area contributed by atoms with Crippen LogP contribution in [0.25, 0.3) is 0 Å². The van der Waals surface area contributed by atoms with Crippen LogP contribution < -0.4 is 5.90 Å². The van der Waals surface area contributed by atoms with E-state index in [1.165, 1.54) is 5.06 Å². The van der Waals surface area contributed by atoms with Gasteiger partial charge >= 0.3 is 17.9 Å². The first-order valence-corrected chi connectivity index (χ1v) is 14.7. The Kier molecular flexibility index (Phi) is 16.7. The van der Waals surface area contributed by atoms with E-state index in [1.807, 2.05) is 21.6 Å². The highest BCUT2D eigenvalue weighted by molar-refractivity contribution is 5.78. The van der Waals surface area contributed by atoms with Gasteiger partial charge in [-0.25, -0.2) is 0 Å². The van der Waals surface area contributed by atoms with Crippen molar-refractivity contribution in [2.45, 2.75) is 66.2 Å². The second-order valence-electron chi connectivity index (χ2n) is 11.0. The van der Waals surface area contributed by atoms with Crippen LogP contribution in [0.1, 0.15) is 66.2 Å². The normalized spacial score (nSPS) is 18.1. The first kappa shape index (κ1) is 36.8. The van der Waals surface area contributed by atoms with Gasteiger partial charge in [0.05, 0.1) is 41.9 Å². The molecule has 14 nitrogen and oxygen atoms in total. The number of piperidine rings is 3. The number of nitrogens with one attached hydrogen (secondary N) is 3. The van der Waals surface area contributed by atoms with E-state index in [2.05, 4.69) is 4.84 Å². The molecule has 0 bridgehead atoms. The maximum absolute atomic E-state index is 11.5. The minimum absolute atomic E-state index is 0.0111. The number of hydrogen-bond acceptors (Lipinski definition) is 11. The Balaban J connectivity index is 0.000000316. The number of carbonyl (C=O) groups excluding carboxylic acids is 3. The molecule has 0 amide bonds. The average Bonchev–Trinajstić information content (AvgIpc) is 2.97. The molecule has 0 aliphatic carbocycles. The van der Waals surface area contributed by atoms with Gasteiger partial charge in [0.15, 0.2) is 0 Å². The van der Waals surface area contributed by atoms with Gasteiger partial charge in [0.2, 0.25) is 0 Å². The lowest BCUT2D eigenvalue weighted by Crippen LogP contribution is -2.40. The van der Waals surface area contributed by atoms with Gasteiger partial charge in [0.1, 0.15) is 0 Å². The third kappa shape index (κ3) is 13.1. The second-order valence-corrected chi connectivity index (χ2v) is 11.0. The fraction of sp³-hybridized carbons (Fsp3) is 0.786. The van der Waals surface area contributed by atoms with Crippen molar-refractivity contribution in [3.63, 3.8) is 0 Å². The first-order valence-electron chi connectivity index (χ1n) is 14.7. The lowest BCUT2D eigenvalue weighted by molar-refractivity contribution is -0.185. The Morgan fingerprint density at radius 3 is 1.24 bits per heavy atom.